The molecule has 0 atom stereocenters. The van der Waals surface area contributed by atoms with Crippen LogP contribution in [0.5, 0.6) is 11.5 Å². The third-order valence-electron chi connectivity index (χ3n) is 4.48. The quantitative estimate of drug-likeness (QED) is 0.223. The summed E-state index contributed by atoms with van der Waals surface area (Å²) in [7, 11) is 0. The van der Waals surface area contributed by atoms with Crippen LogP contribution >= 0.6 is 24.0 Å². The maximum atomic E-state index is 11.7. The number of guanidine groups is 1. The number of hydrogen-bond donors (Lipinski definition) is 3. The molecule has 0 heterocycles. The summed E-state index contributed by atoms with van der Waals surface area (Å²) in [4.78, 5) is 16.0. The molecule has 0 unspecified atom stereocenters. The van der Waals surface area contributed by atoms with Crippen LogP contribution in [-0.4, -0.2) is 25.0 Å². The number of ether oxygens (including phenoxy) is 1. The molecule has 6 nitrogen and oxygen atoms in total. The van der Waals surface area contributed by atoms with Crippen LogP contribution in [0.1, 0.15) is 25.7 Å². The monoisotopic (exact) mass is 494 g/mol. The van der Waals surface area contributed by atoms with Crippen LogP contribution in [0.3, 0.4) is 0 Å². The zero-order valence-corrected chi connectivity index (χ0v) is 18.1. The molecule has 28 heavy (non-hydrogen) atoms. The van der Waals surface area contributed by atoms with Crippen molar-refractivity contribution in [2.75, 3.05) is 18.4 Å². The standard InChI is InChI=1S/C21H26N4O2.HI/c22-21(24-14-6-13-23-20(26)16-7-4-8-16)25-17-9-5-12-19(15-17)27-18-10-2-1-3-11-18;/h1-3,5,9-12,15-16H,4,6-8,13-14H2,(H,23,26)(H3,22,24,25);1H. The normalized spacial score (nSPS) is 13.8. The van der Waals surface area contributed by atoms with Crippen molar-refractivity contribution in [2.24, 2.45) is 16.6 Å². The number of para-hydroxylation sites is 1. The van der Waals surface area contributed by atoms with E-state index in [1.807, 2.05) is 54.6 Å². The fourth-order valence-corrected chi connectivity index (χ4v) is 2.75. The summed E-state index contributed by atoms with van der Waals surface area (Å²) < 4.78 is 5.81. The van der Waals surface area contributed by atoms with Gasteiger partial charge < -0.3 is 21.1 Å². The van der Waals surface area contributed by atoms with Gasteiger partial charge >= 0.3 is 0 Å². The Balaban J connectivity index is 0.00000280. The van der Waals surface area contributed by atoms with E-state index < -0.39 is 0 Å². The molecule has 1 fully saturated rings. The van der Waals surface area contributed by atoms with Crippen LogP contribution in [0.2, 0.25) is 0 Å². The van der Waals surface area contributed by atoms with Gasteiger partial charge in [0.1, 0.15) is 11.5 Å². The first-order valence-corrected chi connectivity index (χ1v) is 9.38. The summed E-state index contributed by atoms with van der Waals surface area (Å²) in [6.45, 7) is 1.19. The zero-order chi connectivity index (χ0) is 18.9. The van der Waals surface area contributed by atoms with E-state index in [4.69, 9.17) is 10.5 Å². The highest BCUT2D eigenvalue weighted by Gasteiger charge is 2.24. The molecule has 150 valence electrons. The van der Waals surface area contributed by atoms with E-state index in [0.717, 1.165) is 36.4 Å². The second-order valence-corrected chi connectivity index (χ2v) is 6.61. The van der Waals surface area contributed by atoms with Crippen molar-refractivity contribution in [2.45, 2.75) is 25.7 Å². The summed E-state index contributed by atoms with van der Waals surface area (Å²) in [6.07, 6.45) is 3.97. The summed E-state index contributed by atoms with van der Waals surface area (Å²) in [5.41, 5.74) is 6.75. The Bertz CT molecular complexity index is 779. The highest BCUT2D eigenvalue weighted by molar-refractivity contribution is 14.0. The van der Waals surface area contributed by atoms with Gasteiger partial charge in [-0.1, -0.05) is 30.7 Å². The molecule has 2 aromatic carbocycles. The molecular formula is C21H27IN4O2. The smallest absolute Gasteiger partial charge is 0.223 e. The second kappa shape index (κ2) is 11.5. The van der Waals surface area contributed by atoms with Gasteiger partial charge in [-0.2, -0.15) is 0 Å². The lowest BCUT2D eigenvalue weighted by molar-refractivity contribution is -0.127. The number of aliphatic imine (C=N–C) groups is 1. The van der Waals surface area contributed by atoms with Crippen molar-refractivity contribution in [3.8, 4) is 11.5 Å². The molecule has 7 heteroatoms. The fourth-order valence-electron chi connectivity index (χ4n) is 2.75. The van der Waals surface area contributed by atoms with Gasteiger partial charge in [0.25, 0.3) is 0 Å². The summed E-state index contributed by atoms with van der Waals surface area (Å²) in [6, 6.07) is 17.2. The van der Waals surface area contributed by atoms with Crippen molar-refractivity contribution in [3.05, 3.63) is 54.6 Å². The van der Waals surface area contributed by atoms with E-state index in [0.29, 0.717) is 19.0 Å². The first kappa shape index (κ1) is 22.0. The van der Waals surface area contributed by atoms with Gasteiger partial charge in [-0.05, 0) is 43.5 Å². The van der Waals surface area contributed by atoms with E-state index in [9.17, 15) is 4.79 Å². The lowest BCUT2D eigenvalue weighted by atomic mass is 9.85. The molecule has 0 bridgehead atoms. The highest BCUT2D eigenvalue weighted by atomic mass is 127. The minimum Gasteiger partial charge on any atom is -0.457 e. The van der Waals surface area contributed by atoms with Gasteiger partial charge in [0.15, 0.2) is 5.96 Å². The molecule has 0 saturated heterocycles. The van der Waals surface area contributed by atoms with Crippen molar-refractivity contribution in [3.63, 3.8) is 0 Å². The lowest BCUT2D eigenvalue weighted by Crippen LogP contribution is -2.35. The lowest BCUT2D eigenvalue weighted by Gasteiger charge is -2.23. The molecule has 1 saturated carbocycles. The molecule has 1 amide bonds. The van der Waals surface area contributed by atoms with E-state index >= 15 is 0 Å². The number of amides is 1. The van der Waals surface area contributed by atoms with Crippen molar-refractivity contribution < 1.29 is 9.53 Å². The minimum atomic E-state index is 0. The average Bonchev–Trinajstić information content (AvgIpc) is 2.61. The first-order chi connectivity index (χ1) is 13.2. The Morgan fingerprint density at radius 2 is 1.86 bits per heavy atom. The van der Waals surface area contributed by atoms with E-state index in [2.05, 4.69) is 15.6 Å². The van der Waals surface area contributed by atoms with E-state index in [1.54, 1.807) is 0 Å². The summed E-state index contributed by atoms with van der Waals surface area (Å²) >= 11 is 0. The SMILES string of the molecule is I.NC(=NCCCNC(=O)C1CCC1)Nc1cccc(Oc2ccccc2)c1. The number of carbonyl (C=O) groups excluding carboxylic acids is 1. The molecule has 0 radical (unpaired) electrons. The van der Waals surface area contributed by atoms with Gasteiger partial charge in [0.2, 0.25) is 5.91 Å². The number of hydrogen-bond acceptors (Lipinski definition) is 3. The van der Waals surface area contributed by atoms with Crippen LogP contribution in [0.4, 0.5) is 5.69 Å². The van der Waals surface area contributed by atoms with Gasteiger partial charge in [0.05, 0.1) is 0 Å². The van der Waals surface area contributed by atoms with E-state index in [1.165, 1.54) is 6.42 Å². The third kappa shape index (κ3) is 7.03. The number of nitrogens with zero attached hydrogens (tertiary/aromatic N) is 1. The maximum absolute atomic E-state index is 11.7. The van der Waals surface area contributed by atoms with Gasteiger partial charge in [-0.15, -0.1) is 24.0 Å². The number of carbonyl (C=O) groups is 1. The molecule has 0 spiro atoms. The molecule has 4 N–H and O–H groups in total. The van der Waals surface area contributed by atoms with Crippen LogP contribution in [0.15, 0.2) is 59.6 Å². The Hall–Kier alpha value is -2.29. The Labute approximate surface area is 183 Å². The number of nitrogens with one attached hydrogen (secondary N) is 2. The van der Waals surface area contributed by atoms with E-state index in [-0.39, 0.29) is 35.8 Å². The topological polar surface area (TPSA) is 88.7 Å². The maximum Gasteiger partial charge on any atom is 0.223 e. The molecule has 0 aliphatic heterocycles. The fraction of sp³-hybridized carbons (Fsp3) is 0.333. The largest absolute Gasteiger partial charge is 0.457 e. The minimum absolute atomic E-state index is 0. The van der Waals surface area contributed by atoms with Crippen molar-refractivity contribution >= 4 is 41.5 Å². The van der Waals surface area contributed by atoms with Gasteiger partial charge in [-0.25, -0.2) is 0 Å². The van der Waals surface area contributed by atoms with Gasteiger partial charge in [-0.3, -0.25) is 9.79 Å². The van der Waals surface area contributed by atoms with Crippen molar-refractivity contribution in [1.82, 2.24) is 5.32 Å². The average molecular weight is 494 g/mol. The zero-order valence-electron chi connectivity index (χ0n) is 15.8. The predicted molar refractivity (Wildman–Crippen MR) is 123 cm³/mol. The summed E-state index contributed by atoms with van der Waals surface area (Å²) in [5, 5.41) is 6.02. The molecule has 1 aliphatic carbocycles. The Kier molecular flexibility index (Phi) is 9.06. The molecular weight excluding hydrogens is 467 g/mol. The number of halogens is 1. The molecule has 3 rings (SSSR count). The van der Waals surface area contributed by atoms with Crippen LogP contribution in [0, 0.1) is 5.92 Å². The second-order valence-electron chi connectivity index (χ2n) is 6.61. The molecule has 0 aromatic heterocycles. The number of nitrogens with two attached hydrogens (primary N) is 1. The Morgan fingerprint density at radius 3 is 2.57 bits per heavy atom. The number of benzene rings is 2. The number of anilines is 1. The third-order valence-corrected chi connectivity index (χ3v) is 4.48. The predicted octanol–water partition coefficient (Wildman–Crippen LogP) is 4.13. The number of rotatable bonds is 8. The van der Waals surface area contributed by atoms with Gasteiger partial charge in [0, 0.05) is 30.8 Å². The van der Waals surface area contributed by atoms with Crippen LogP contribution in [-0.2, 0) is 4.79 Å². The first-order valence-electron chi connectivity index (χ1n) is 9.38. The summed E-state index contributed by atoms with van der Waals surface area (Å²) in [5.74, 6) is 2.24. The Morgan fingerprint density at radius 1 is 1.11 bits per heavy atom. The van der Waals surface area contributed by atoms with Crippen molar-refractivity contribution in [1.29, 1.82) is 0 Å². The van der Waals surface area contributed by atoms with Crippen LogP contribution < -0.4 is 21.1 Å². The highest BCUT2D eigenvalue weighted by Crippen LogP contribution is 2.26. The molecule has 1 aliphatic rings. The molecule has 2 aromatic rings. The van der Waals surface area contributed by atoms with Crippen LogP contribution in [0.25, 0.3) is 0 Å².